The predicted octanol–water partition coefficient (Wildman–Crippen LogP) is 2.12. The van der Waals surface area contributed by atoms with Crippen molar-refractivity contribution in [3.05, 3.63) is 23.8 Å². The molecule has 0 aromatic heterocycles. The first-order valence-corrected chi connectivity index (χ1v) is 8.74. The van der Waals surface area contributed by atoms with Crippen LogP contribution in [0.2, 0.25) is 0 Å². The van der Waals surface area contributed by atoms with E-state index in [9.17, 15) is 14.4 Å². The van der Waals surface area contributed by atoms with Crippen LogP contribution in [0.3, 0.4) is 0 Å². The number of benzene rings is 1. The number of amides is 1. The summed E-state index contributed by atoms with van der Waals surface area (Å²) < 4.78 is 15.8. The van der Waals surface area contributed by atoms with Crippen molar-refractivity contribution in [1.82, 2.24) is 5.32 Å². The molecule has 0 bridgehead atoms. The number of ketones is 1. The topological polar surface area (TPSA) is 90.9 Å². The van der Waals surface area contributed by atoms with Crippen LogP contribution in [-0.2, 0) is 14.3 Å². The minimum absolute atomic E-state index is 0.00186. The van der Waals surface area contributed by atoms with Gasteiger partial charge in [-0.15, -0.1) is 0 Å². The molecule has 1 aromatic rings. The van der Waals surface area contributed by atoms with Crippen molar-refractivity contribution < 1.29 is 28.6 Å². The van der Waals surface area contributed by atoms with Gasteiger partial charge in [-0.25, -0.2) is 0 Å². The Bertz CT molecular complexity index is 670. The first-order chi connectivity index (χ1) is 12.4. The van der Waals surface area contributed by atoms with Crippen molar-refractivity contribution >= 4 is 17.7 Å². The number of ether oxygens (including phenoxy) is 3. The number of hydrogen-bond donors (Lipinski definition) is 1. The number of rotatable bonds is 8. The molecule has 0 saturated heterocycles. The lowest BCUT2D eigenvalue weighted by Gasteiger charge is -2.18. The molecule has 7 nitrogen and oxygen atoms in total. The number of carbonyl (C=O) groups excluding carboxylic acids is 3. The molecule has 0 spiro atoms. The Morgan fingerprint density at radius 2 is 1.77 bits per heavy atom. The van der Waals surface area contributed by atoms with Gasteiger partial charge in [0.05, 0.1) is 6.42 Å². The number of carbonyl (C=O) groups is 3. The van der Waals surface area contributed by atoms with Crippen molar-refractivity contribution in [2.24, 2.45) is 5.92 Å². The van der Waals surface area contributed by atoms with Crippen LogP contribution in [0.25, 0.3) is 0 Å². The molecule has 0 unspecified atom stereocenters. The molecule has 2 rings (SSSR count). The van der Waals surface area contributed by atoms with Crippen molar-refractivity contribution in [2.75, 3.05) is 19.8 Å². The van der Waals surface area contributed by atoms with Crippen LogP contribution in [-0.4, -0.2) is 43.5 Å². The zero-order valence-corrected chi connectivity index (χ0v) is 15.4. The van der Waals surface area contributed by atoms with Crippen molar-refractivity contribution in [1.29, 1.82) is 0 Å². The first kappa shape index (κ1) is 19.8. The third-order valence-corrected chi connectivity index (χ3v) is 4.17. The van der Waals surface area contributed by atoms with Gasteiger partial charge in [-0.3, -0.25) is 14.4 Å². The summed E-state index contributed by atoms with van der Waals surface area (Å²) in [6.45, 7) is 6.44. The summed E-state index contributed by atoms with van der Waals surface area (Å²) in [7, 11) is 0. The van der Waals surface area contributed by atoms with Crippen LogP contribution < -0.4 is 14.8 Å². The van der Waals surface area contributed by atoms with Gasteiger partial charge < -0.3 is 19.5 Å². The molecule has 0 aliphatic carbocycles. The van der Waals surface area contributed by atoms with E-state index in [1.165, 1.54) is 0 Å². The fourth-order valence-electron chi connectivity index (χ4n) is 2.26. The molecule has 26 heavy (non-hydrogen) atoms. The molecule has 142 valence electrons. The van der Waals surface area contributed by atoms with Crippen molar-refractivity contribution in [2.45, 2.75) is 39.7 Å². The molecule has 7 heteroatoms. The van der Waals surface area contributed by atoms with Crippen LogP contribution >= 0.6 is 0 Å². The second-order valence-electron chi connectivity index (χ2n) is 6.54. The van der Waals surface area contributed by atoms with Gasteiger partial charge in [0.25, 0.3) is 5.91 Å². The molecule has 1 amide bonds. The summed E-state index contributed by atoms with van der Waals surface area (Å²) in [5, 5.41) is 2.75. The molecule has 1 aliphatic rings. The Hall–Kier alpha value is -2.57. The van der Waals surface area contributed by atoms with Crippen LogP contribution in [0.1, 0.15) is 44.0 Å². The molecule has 1 N–H and O–H groups in total. The SMILES string of the molecule is CC(C)[C@@H](C)NC(=O)COC(=O)CCC(=O)c1ccc2c(c1)OCCO2. The average molecular weight is 363 g/mol. The van der Waals surface area contributed by atoms with Crippen LogP contribution in [0.5, 0.6) is 11.5 Å². The highest BCUT2D eigenvalue weighted by molar-refractivity contribution is 5.98. The maximum Gasteiger partial charge on any atom is 0.306 e. The normalized spacial score (nSPS) is 13.8. The van der Waals surface area contributed by atoms with Gasteiger partial charge in [-0.05, 0) is 31.0 Å². The Kier molecular flexibility index (Phi) is 7.00. The van der Waals surface area contributed by atoms with E-state index in [1.807, 2.05) is 20.8 Å². The summed E-state index contributed by atoms with van der Waals surface area (Å²) in [6, 6.07) is 4.93. The minimum atomic E-state index is -0.580. The number of Topliss-reactive ketones (excluding diaryl/α,β-unsaturated/α-hetero) is 1. The third-order valence-electron chi connectivity index (χ3n) is 4.17. The van der Waals surface area contributed by atoms with E-state index in [4.69, 9.17) is 14.2 Å². The van der Waals surface area contributed by atoms with E-state index >= 15 is 0 Å². The lowest BCUT2D eigenvalue weighted by molar-refractivity contribution is -0.148. The Labute approximate surface area is 153 Å². The lowest BCUT2D eigenvalue weighted by Crippen LogP contribution is -2.38. The van der Waals surface area contributed by atoms with Gasteiger partial charge in [0.2, 0.25) is 0 Å². The molecule has 1 aromatic carbocycles. The molecule has 0 fully saturated rings. The highest BCUT2D eigenvalue weighted by Gasteiger charge is 2.17. The van der Waals surface area contributed by atoms with Crippen LogP contribution in [0.4, 0.5) is 0 Å². The molecule has 1 heterocycles. The fraction of sp³-hybridized carbons (Fsp3) is 0.526. The molecule has 1 atom stereocenters. The summed E-state index contributed by atoms with van der Waals surface area (Å²) in [5.74, 6) is 0.297. The average Bonchev–Trinajstić information content (AvgIpc) is 2.63. The molecule has 1 aliphatic heterocycles. The zero-order valence-electron chi connectivity index (χ0n) is 15.4. The fourth-order valence-corrected chi connectivity index (χ4v) is 2.26. The number of nitrogens with one attached hydrogen (secondary N) is 1. The first-order valence-electron chi connectivity index (χ1n) is 8.74. The quantitative estimate of drug-likeness (QED) is 0.562. The number of hydrogen-bond acceptors (Lipinski definition) is 6. The molecule has 0 radical (unpaired) electrons. The van der Waals surface area contributed by atoms with E-state index in [0.717, 1.165) is 0 Å². The van der Waals surface area contributed by atoms with Crippen LogP contribution in [0.15, 0.2) is 18.2 Å². The van der Waals surface area contributed by atoms with Crippen molar-refractivity contribution in [3.8, 4) is 11.5 Å². The second kappa shape index (κ2) is 9.22. The maximum atomic E-state index is 12.2. The maximum absolute atomic E-state index is 12.2. The molecular formula is C19H25NO6. The predicted molar refractivity (Wildman–Crippen MR) is 94.4 cm³/mol. The number of esters is 1. The van der Waals surface area contributed by atoms with Gasteiger partial charge in [0.1, 0.15) is 13.2 Å². The summed E-state index contributed by atoms with van der Waals surface area (Å²) in [6.07, 6.45) is -0.0806. The largest absolute Gasteiger partial charge is 0.486 e. The Morgan fingerprint density at radius 3 is 2.46 bits per heavy atom. The smallest absolute Gasteiger partial charge is 0.306 e. The van der Waals surface area contributed by atoms with Gasteiger partial charge >= 0.3 is 5.97 Å². The monoisotopic (exact) mass is 363 g/mol. The third kappa shape index (κ3) is 5.75. The lowest BCUT2D eigenvalue weighted by atomic mass is 10.1. The van der Waals surface area contributed by atoms with Crippen molar-refractivity contribution in [3.63, 3.8) is 0 Å². The number of fused-ring (bicyclic) bond motifs is 1. The van der Waals surface area contributed by atoms with Gasteiger partial charge in [-0.2, -0.15) is 0 Å². The minimum Gasteiger partial charge on any atom is -0.486 e. The van der Waals surface area contributed by atoms with E-state index in [0.29, 0.717) is 36.2 Å². The molecular weight excluding hydrogens is 338 g/mol. The Morgan fingerprint density at radius 1 is 1.08 bits per heavy atom. The van der Waals surface area contributed by atoms with Crippen LogP contribution in [0, 0.1) is 5.92 Å². The van der Waals surface area contributed by atoms with Gasteiger partial charge in [-0.1, -0.05) is 13.8 Å². The highest BCUT2D eigenvalue weighted by Crippen LogP contribution is 2.31. The standard InChI is InChI=1S/C19H25NO6/c1-12(2)13(3)20-18(22)11-26-19(23)7-5-15(21)14-4-6-16-17(10-14)25-9-8-24-16/h4,6,10,12-13H,5,7-9,11H2,1-3H3,(H,20,22)/t13-/m1/s1. The Balaban J connectivity index is 1.75. The summed E-state index contributed by atoms with van der Waals surface area (Å²) >= 11 is 0. The molecule has 0 saturated carbocycles. The zero-order chi connectivity index (χ0) is 19.1. The van der Waals surface area contributed by atoms with E-state index in [-0.39, 0.29) is 37.2 Å². The van der Waals surface area contributed by atoms with E-state index in [1.54, 1.807) is 18.2 Å². The highest BCUT2D eigenvalue weighted by atomic mass is 16.6. The van der Waals surface area contributed by atoms with E-state index < -0.39 is 5.97 Å². The second-order valence-corrected chi connectivity index (χ2v) is 6.54. The van der Waals surface area contributed by atoms with E-state index in [2.05, 4.69) is 5.32 Å². The summed E-state index contributed by atoms with van der Waals surface area (Å²) in [5.41, 5.74) is 0.450. The summed E-state index contributed by atoms with van der Waals surface area (Å²) in [4.78, 5) is 35.6. The van der Waals surface area contributed by atoms with Gasteiger partial charge in [0, 0.05) is 18.0 Å². The van der Waals surface area contributed by atoms with Gasteiger partial charge in [0.15, 0.2) is 23.9 Å².